The molecule has 0 amide bonds. The number of nitrogens with zero attached hydrogens (tertiary/aromatic N) is 2. The summed E-state index contributed by atoms with van der Waals surface area (Å²) in [5, 5.41) is 14.1. The predicted molar refractivity (Wildman–Crippen MR) is 199 cm³/mol. The molecule has 4 heterocycles. The fourth-order valence-corrected chi connectivity index (χ4v) is 7.59. The summed E-state index contributed by atoms with van der Waals surface area (Å²) in [6.45, 7) is 0. The summed E-state index contributed by atoms with van der Waals surface area (Å²) in [6, 6.07) is 48.4. The molecule has 1 unspecified atom stereocenters. The lowest BCUT2D eigenvalue weighted by atomic mass is 9.98. The number of rotatable bonds is 1. The number of furan rings is 2. The van der Waals surface area contributed by atoms with Gasteiger partial charge in [0.2, 0.25) is 0 Å². The Balaban J connectivity index is 0.000000135. The Labute approximate surface area is 275 Å². The van der Waals surface area contributed by atoms with Gasteiger partial charge in [0.05, 0.1) is 22.9 Å². The number of fused-ring (bicyclic) bond motifs is 14. The molecule has 0 spiro atoms. The van der Waals surface area contributed by atoms with Crippen molar-refractivity contribution < 1.29 is 8.83 Å². The quantitative estimate of drug-likeness (QED) is 0.199. The van der Waals surface area contributed by atoms with Crippen molar-refractivity contribution in [3.63, 3.8) is 0 Å². The SMILES string of the molecule is C1=NC(c2ccccc2)c2oc3ccccc3c2N1.Cn1c2ccccc2c2c3oc4cc5ccccc5cc4c3c3ccccc3c21. The maximum atomic E-state index is 6.59. The van der Waals surface area contributed by atoms with E-state index in [1.54, 1.807) is 6.34 Å². The largest absolute Gasteiger partial charge is 0.456 e. The third-order valence-electron chi connectivity index (χ3n) is 9.76. The van der Waals surface area contributed by atoms with Gasteiger partial charge >= 0.3 is 0 Å². The number of para-hydroxylation sites is 2. The highest BCUT2D eigenvalue weighted by Crippen LogP contribution is 2.45. The van der Waals surface area contributed by atoms with Crippen LogP contribution in [0.3, 0.4) is 0 Å². The van der Waals surface area contributed by atoms with Crippen molar-refractivity contribution in [1.29, 1.82) is 0 Å². The van der Waals surface area contributed by atoms with Crippen LogP contribution in [0.15, 0.2) is 153 Å². The summed E-state index contributed by atoms with van der Waals surface area (Å²) in [5.74, 6) is 0.884. The van der Waals surface area contributed by atoms with E-state index in [0.717, 1.165) is 39.1 Å². The standard InChI is InChI=1S/C27H17NO.C16H12N2O/c1-28-22-13-7-6-12-20(22)25-26(28)19-11-5-4-10-18(19)24-21-14-16-8-2-3-9-17(16)15-23(21)29-27(24)25;1-2-6-11(7-3-1)14-16-15(18-10-17-14)12-8-4-5-9-13(12)19-16/h2-15H,1H3;1-10,14H,(H,17,18). The first-order valence-corrected chi connectivity index (χ1v) is 16.2. The molecule has 1 aliphatic heterocycles. The van der Waals surface area contributed by atoms with Gasteiger partial charge in [0.25, 0.3) is 0 Å². The molecule has 0 radical (unpaired) electrons. The van der Waals surface area contributed by atoms with Crippen molar-refractivity contribution >= 4 is 88.3 Å². The summed E-state index contributed by atoms with van der Waals surface area (Å²) in [5.41, 5.74) is 7.46. The monoisotopic (exact) mass is 619 g/mol. The Morgan fingerprint density at radius 1 is 0.583 bits per heavy atom. The van der Waals surface area contributed by atoms with Crippen molar-refractivity contribution in [3.05, 3.63) is 151 Å². The number of hydrogen-bond donors (Lipinski definition) is 1. The van der Waals surface area contributed by atoms with Gasteiger partial charge in [0.1, 0.15) is 22.8 Å². The maximum Gasteiger partial charge on any atom is 0.157 e. The highest BCUT2D eigenvalue weighted by Gasteiger charge is 2.26. The molecule has 5 nitrogen and oxygen atoms in total. The fourth-order valence-electron chi connectivity index (χ4n) is 7.59. The predicted octanol–water partition coefficient (Wildman–Crippen LogP) is 11.5. The lowest BCUT2D eigenvalue weighted by Crippen LogP contribution is -2.09. The second-order valence-corrected chi connectivity index (χ2v) is 12.4. The second kappa shape index (κ2) is 10.3. The molecule has 3 aromatic heterocycles. The van der Waals surface area contributed by atoms with Crippen LogP contribution in [-0.4, -0.2) is 10.9 Å². The van der Waals surface area contributed by atoms with E-state index in [0.29, 0.717) is 0 Å². The molecule has 0 saturated heterocycles. The van der Waals surface area contributed by atoms with E-state index in [1.165, 1.54) is 54.1 Å². The van der Waals surface area contributed by atoms with Crippen LogP contribution in [0.2, 0.25) is 0 Å². The number of aromatic nitrogens is 1. The number of anilines is 1. The second-order valence-electron chi connectivity index (χ2n) is 12.4. The minimum absolute atomic E-state index is 0.0650. The lowest BCUT2D eigenvalue weighted by molar-refractivity contribution is 0.526. The van der Waals surface area contributed by atoms with E-state index in [2.05, 4.69) is 125 Å². The van der Waals surface area contributed by atoms with Gasteiger partial charge in [-0.1, -0.05) is 109 Å². The summed E-state index contributed by atoms with van der Waals surface area (Å²) in [7, 11) is 2.15. The van der Waals surface area contributed by atoms with Gasteiger partial charge in [-0.05, 0) is 52.1 Å². The molecule has 0 fully saturated rings. The van der Waals surface area contributed by atoms with Gasteiger partial charge in [-0.2, -0.15) is 0 Å². The van der Waals surface area contributed by atoms with Crippen LogP contribution < -0.4 is 5.32 Å². The summed E-state index contributed by atoms with van der Waals surface area (Å²) < 4.78 is 14.9. The van der Waals surface area contributed by atoms with Gasteiger partial charge in [-0.25, -0.2) is 0 Å². The van der Waals surface area contributed by atoms with Crippen molar-refractivity contribution in [2.75, 3.05) is 5.32 Å². The molecule has 10 aromatic rings. The van der Waals surface area contributed by atoms with Gasteiger partial charge < -0.3 is 18.7 Å². The van der Waals surface area contributed by atoms with Gasteiger partial charge in [-0.3, -0.25) is 4.99 Å². The topological polar surface area (TPSA) is 55.6 Å². The van der Waals surface area contributed by atoms with Crippen LogP contribution in [0.5, 0.6) is 0 Å². The van der Waals surface area contributed by atoms with Gasteiger partial charge in [-0.15, -0.1) is 0 Å². The van der Waals surface area contributed by atoms with E-state index >= 15 is 0 Å². The molecule has 0 aliphatic carbocycles. The molecule has 48 heavy (non-hydrogen) atoms. The zero-order valence-electron chi connectivity index (χ0n) is 26.1. The zero-order chi connectivity index (χ0) is 31.8. The minimum Gasteiger partial charge on any atom is -0.456 e. The van der Waals surface area contributed by atoms with Crippen LogP contribution in [0.4, 0.5) is 5.69 Å². The normalized spacial score (nSPS) is 14.2. The first-order chi connectivity index (χ1) is 23.7. The van der Waals surface area contributed by atoms with Crippen LogP contribution in [0, 0.1) is 0 Å². The van der Waals surface area contributed by atoms with Gasteiger partial charge in [0, 0.05) is 39.5 Å². The average Bonchev–Trinajstić information content (AvgIpc) is 3.81. The molecule has 7 aromatic carbocycles. The molecule has 1 aliphatic rings. The molecule has 228 valence electrons. The van der Waals surface area contributed by atoms with Crippen molar-refractivity contribution in [2.45, 2.75) is 6.04 Å². The van der Waals surface area contributed by atoms with Crippen molar-refractivity contribution in [2.24, 2.45) is 12.0 Å². The van der Waals surface area contributed by atoms with E-state index in [4.69, 9.17) is 8.83 Å². The Hall–Kier alpha value is -6.33. The van der Waals surface area contributed by atoms with Crippen molar-refractivity contribution in [3.8, 4) is 0 Å². The first kappa shape index (κ1) is 26.8. The highest BCUT2D eigenvalue weighted by atomic mass is 16.3. The highest BCUT2D eigenvalue weighted by molar-refractivity contribution is 6.35. The summed E-state index contributed by atoms with van der Waals surface area (Å²) in [4.78, 5) is 4.51. The van der Waals surface area contributed by atoms with E-state index in [1.807, 2.05) is 36.4 Å². The molecule has 11 rings (SSSR count). The number of aliphatic imine (C=N–C) groups is 1. The summed E-state index contributed by atoms with van der Waals surface area (Å²) in [6.07, 6.45) is 1.75. The Morgan fingerprint density at radius 3 is 2.08 bits per heavy atom. The Bertz CT molecular complexity index is 2890. The van der Waals surface area contributed by atoms with Crippen LogP contribution in [0.25, 0.3) is 76.3 Å². The molecule has 1 N–H and O–H groups in total. The minimum atomic E-state index is -0.0650. The molecular weight excluding hydrogens is 590 g/mol. The first-order valence-electron chi connectivity index (χ1n) is 16.2. The number of benzene rings is 7. The number of hydrogen-bond acceptors (Lipinski definition) is 4. The number of nitrogens with one attached hydrogen (secondary N) is 1. The third-order valence-corrected chi connectivity index (χ3v) is 9.76. The Kier molecular flexibility index (Phi) is 5.78. The molecular formula is C43H29N3O2. The third kappa shape index (κ3) is 3.88. The number of aryl methyl sites for hydroxylation is 1. The van der Waals surface area contributed by atoms with E-state index < -0.39 is 0 Å². The van der Waals surface area contributed by atoms with Crippen LogP contribution in [-0.2, 0) is 7.05 Å². The smallest absolute Gasteiger partial charge is 0.157 e. The molecule has 1 atom stereocenters. The average molecular weight is 620 g/mol. The molecule has 5 heteroatoms. The Morgan fingerprint density at radius 2 is 1.25 bits per heavy atom. The zero-order valence-corrected chi connectivity index (χ0v) is 26.1. The maximum absolute atomic E-state index is 6.59. The lowest BCUT2D eigenvalue weighted by Gasteiger charge is -2.16. The van der Waals surface area contributed by atoms with Crippen LogP contribution in [0.1, 0.15) is 17.4 Å². The molecule has 0 bridgehead atoms. The van der Waals surface area contributed by atoms with Crippen molar-refractivity contribution in [1.82, 2.24) is 4.57 Å². The fraction of sp³-hybridized carbons (Fsp3) is 0.0465. The summed E-state index contributed by atoms with van der Waals surface area (Å²) >= 11 is 0. The van der Waals surface area contributed by atoms with Gasteiger partial charge in [0.15, 0.2) is 5.76 Å². The van der Waals surface area contributed by atoms with Crippen LogP contribution >= 0.6 is 0 Å². The van der Waals surface area contributed by atoms with E-state index in [-0.39, 0.29) is 6.04 Å². The molecule has 0 saturated carbocycles. The van der Waals surface area contributed by atoms with E-state index in [9.17, 15) is 0 Å².